The van der Waals surface area contributed by atoms with Crippen LogP contribution in [0.25, 0.3) is 0 Å². The van der Waals surface area contributed by atoms with Crippen molar-refractivity contribution in [1.29, 1.82) is 0 Å². The molecule has 1 aliphatic rings. The third-order valence-corrected chi connectivity index (χ3v) is 2.66. The summed E-state index contributed by atoms with van der Waals surface area (Å²) in [5.74, 6) is 0.708. The average Bonchev–Trinajstić information content (AvgIpc) is 2.17. The van der Waals surface area contributed by atoms with Crippen LogP contribution in [-0.2, 0) is 17.6 Å². The summed E-state index contributed by atoms with van der Waals surface area (Å²) in [7, 11) is 0. The lowest BCUT2D eigenvalue weighted by atomic mass is 9.88. The van der Waals surface area contributed by atoms with Gasteiger partial charge in [0.05, 0.1) is 11.9 Å². The Hall–Kier alpha value is -1.47. The Morgan fingerprint density at radius 1 is 1.64 bits per heavy atom. The smallest absolute Gasteiger partial charge is 0.240 e. The van der Waals surface area contributed by atoms with Crippen LogP contribution in [0.2, 0.25) is 0 Å². The zero-order valence-corrected chi connectivity index (χ0v) is 8.16. The van der Waals surface area contributed by atoms with Gasteiger partial charge in [-0.05, 0) is 36.8 Å². The van der Waals surface area contributed by atoms with E-state index in [-0.39, 0.29) is 0 Å². The molecule has 0 fully saturated rings. The number of isocyanates is 1. The van der Waals surface area contributed by atoms with E-state index < -0.39 is 0 Å². The van der Waals surface area contributed by atoms with Crippen molar-refractivity contribution in [2.45, 2.75) is 26.2 Å². The maximum atomic E-state index is 10.1. The van der Waals surface area contributed by atoms with Crippen LogP contribution in [0.1, 0.15) is 24.6 Å². The Morgan fingerprint density at radius 3 is 3.29 bits per heavy atom. The fraction of sp³-hybridized carbons (Fsp3) is 0.455. The fourth-order valence-corrected chi connectivity index (χ4v) is 1.90. The molecule has 1 atom stereocenters. The van der Waals surface area contributed by atoms with Gasteiger partial charge >= 0.3 is 0 Å². The minimum absolute atomic E-state index is 0.618. The Labute approximate surface area is 82.9 Å². The van der Waals surface area contributed by atoms with Crippen molar-refractivity contribution in [2.75, 3.05) is 0 Å². The quantitative estimate of drug-likeness (QED) is 0.500. The molecule has 0 bridgehead atoms. The molecule has 0 spiro atoms. The number of hydrogen-bond acceptors (Lipinski definition) is 3. The SMILES string of the molecule is CC1CCc2ncc(N=C=O)cc2C1. The van der Waals surface area contributed by atoms with E-state index in [1.165, 1.54) is 18.1 Å². The summed E-state index contributed by atoms with van der Waals surface area (Å²) in [6, 6.07) is 1.95. The first-order valence-corrected chi connectivity index (χ1v) is 4.85. The zero-order chi connectivity index (χ0) is 9.97. The van der Waals surface area contributed by atoms with Gasteiger partial charge in [0.2, 0.25) is 6.08 Å². The van der Waals surface area contributed by atoms with Gasteiger partial charge in [-0.25, -0.2) is 4.79 Å². The topological polar surface area (TPSA) is 42.3 Å². The second-order valence-electron chi connectivity index (χ2n) is 3.85. The largest absolute Gasteiger partial charge is 0.259 e. The number of rotatable bonds is 1. The van der Waals surface area contributed by atoms with Gasteiger partial charge in [0.25, 0.3) is 0 Å². The average molecular weight is 188 g/mol. The third kappa shape index (κ3) is 1.73. The first-order valence-electron chi connectivity index (χ1n) is 4.85. The molecule has 0 amide bonds. The lowest BCUT2D eigenvalue weighted by molar-refractivity contribution is 0.494. The molecule has 1 aliphatic carbocycles. The molecule has 1 heterocycles. The third-order valence-electron chi connectivity index (χ3n) is 2.66. The molecule has 0 saturated carbocycles. The van der Waals surface area contributed by atoms with Gasteiger partial charge in [-0.2, -0.15) is 4.99 Å². The first-order chi connectivity index (χ1) is 6.79. The van der Waals surface area contributed by atoms with Crippen LogP contribution in [-0.4, -0.2) is 11.1 Å². The number of fused-ring (bicyclic) bond motifs is 1. The van der Waals surface area contributed by atoms with Crippen molar-refractivity contribution >= 4 is 11.8 Å². The number of nitrogens with zero attached hydrogens (tertiary/aromatic N) is 2. The summed E-state index contributed by atoms with van der Waals surface area (Å²) in [5, 5.41) is 0. The summed E-state index contributed by atoms with van der Waals surface area (Å²) < 4.78 is 0. The fourth-order valence-electron chi connectivity index (χ4n) is 1.90. The highest BCUT2D eigenvalue weighted by Gasteiger charge is 2.16. The van der Waals surface area contributed by atoms with Gasteiger partial charge in [0.1, 0.15) is 0 Å². The summed E-state index contributed by atoms with van der Waals surface area (Å²) >= 11 is 0. The van der Waals surface area contributed by atoms with Crippen LogP contribution in [0.3, 0.4) is 0 Å². The van der Waals surface area contributed by atoms with E-state index in [0.29, 0.717) is 11.6 Å². The summed E-state index contributed by atoms with van der Waals surface area (Å²) in [6.45, 7) is 2.23. The number of carbonyl (C=O) groups excluding carboxylic acids is 1. The van der Waals surface area contributed by atoms with Crippen LogP contribution in [0.15, 0.2) is 17.3 Å². The molecule has 72 valence electrons. The van der Waals surface area contributed by atoms with Gasteiger partial charge in [0.15, 0.2) is 0 Å². The van der Waals surface area contributed by atoms with Crippen LogP contribution in [0.5, 0.6) is 0 Å². The normalized spacial score (nSPS) is 19.6. The summed E-state index contributed by atoms with van der Waals surface area (Å²) in [5.41, 5.74) is 3.01. The molecule has 0 saturated heterocycles. The molecule has 0 aromatic carbocycles. The highest BCUT2D eigenvalue weighted by Crippen LogP contribution is 2.26. The van der Waals surface area contributed by atoms with E-state index in [4.69, 9.17) is 0 Å². The number of aromatic nitrogens is 1. The number of hydrogen-bond donors (Lipinski definition) is 0. The molecular formula is C11H12N2O. The standard InChI is InChI=1S/C11H12N2O/c1-8-2-3-11-9(4-8)5-10(6-12-11)13-7-14/h5-6,8H,2-4H2,1H3. The van der Waals surface area contributed by atoms with E-state index in [0.717, 1.165) is 18.5 Å². The van der Waals surface area contributed by atoms with Crippen LogP contribution >= 0.6 is 0 Å². The van der Waals surface area contributed by atoms with Gasteiger partial charge in [-0.15, -0.1) is 0 Å². The van der Waals surface area contributed by atoms with Gasteiger partial charge in [-0.1, -0.05) is 6.92 Å². The predicted molar refractivity (Wildman–Crippen MR) is 53.2 cm³/mol. The minimum Gasteiger partial charge on any atom is -0.259 e. The molecule has 1 aromatic heterocycles. The van der Waals surface area contributed by atoms with Crippen molar-refractivity contribution in [3.63, 3.8) is 0 Å². The Bertz CT molecular complexity index is 394. The highest BCUT2D eigenvalue weighted by molar-refractivity contribution is 5.49. The maximum Gasteiger partial charge on any atom is 0.240 e. The minimum atomic E-state index is 0.618. The second kappa shape index (κ2) is 3.72. The molecule has 1 aromatic rings. The summed E-state index contributed by atoms with van der Waals surface area (Å²) in [4.78, 5) is 18.0. The molecule has 0 N–H and O–H groups in total. The van der Waals surface area contributed by atoms with Gasteiger partial charge in [0, 0.05) is 5.69 Å². The van der Waals surface area contributed by atoms with E-state index in [9.17, 15) is 4.79 Å². The van der Waals surface area contributed by atoms with Crippen molar-refractivity contribution in [3.8, 4) is 0 Å². The molecule has 1 unspecified atom stereocenters. The Balaban J connectivity index is 2.37. The van der Waals surface area contributed by atoms with E-state index >= 15 is 0 Å². The van der Waals surface area contributed by atoms with Crippen molar-refractivity contribution in [3.05, 3.63) is 23.5 Å². The van der Waals surface area contributed by atoms with Gasteiger partial charge < -0.3 is 0 Å². The molecule has 3 nitrogen and oxygen atoms in total. The summed E-state index contributed by atoms with van der Waals surface area (Å²) in [6.07, 6.45) is 6.47. The predicted octanol–water partition coefficient (Wildman–Crippen LogP) is 2.17. The van der Waals surface area contributed by atoms with Crippen LogP contribution in [0, 0.1) is 5.92 Å². The highest BCUT2D eigenvalue weighted by atomic mass is 16.1. The van der Waals surface area contributed by atoms with Crippen molar-refractivity contribution in [2.24, 2.45) is 10.9 Å². The maximum absolute atomic E-state index is 10.1. The number of pyridine rings is 1. The Kier molecular flexibility index (Phi) is 2.42. The lowest BCUT2D eigenvalue weighted by Crippen LogP contribution is -2.12. The zero-order valence-electron chi connectivity index (χ0n) is 8.16. The first kappa shape index (κ1) is 9.10. The van der Waals surface area contributed by atoms with E-state index in [2.05, 4.69) is 16.9 Å². The van der Waals surface area contributed by atoms with Crippen LogP contribution < -0.4 is 0 Å². The molecule has 14 heavy (non-hydrogen) atoms. The monoisotopic (exact) mass is 188 g/mol. The molecular weight excluding hydrogens is 176 g/mol. The molecule has 0 aliphatic heterocycles. The second-order valence-corrected chi connectivity index (χ2v) is 3.85. The molecule has 3 heteroatoms. The number of aryl methyl sites for hydroxylation is 1. The number of aliphatic imine (C=N–C) groups is 1. The Morgan fingerprint density at radius 2 is 2.50 bits per heavy atom. The molecule has 2 rings (SSSR count). The van der Waals surface area contributed by atoms with Crippen LogP contribution in [0.4, 0.5) is 5.69 Å². The van der Waals surface area contributed by atoms with Crippen molar-refractivity contribution < 1.29 is 4.79 Å². The van der Waals surface area contributed by atoms with E-state index in [1.54, 1.807) is 6.20 Å². The van der Waals surface area contributed by atoms with Crippen molar-refractivity contribution in [1.82, 2.24) is 4.98 Å². The molecule has 0 radical (unpaired) electrons. The lowest BCUT2D eigenvalue weighted by Gasteiger charge is -2.20. The van der Waals surface area contributed by atoms with Gasteiger partial charge in [-0.3, -0.25) is 4.98 Å². The van der Waals surface area contributed by atoms with E-state index in [1.807, 2.05) is 6.07 Å².